The second-order valence-electron chi connectivity index (χ2n) is 5.52. The molecule has 2 heterocycles. The maximum atomic E-state index is 5.51. The number of rotatable bonds is 4. The van der Waals surface area contributed by atoms with Gasteiger partial charge in [-0.1, -0.05) is 0 Å². The number of likely N-dealkylation sites (N-methyl/N-ethyl adjacent to an activating group) is 1. The molecule has 4 heteroatoms. The molecule has 1 fully saturated rings. The van der Waals surface area contributed by atoms with E-state index < -0.39 is 0 Å². The molecule has 3 rings (SSSR count). The predicted molar refractivity (Wildman–Crippen MR) is 70.6 cm³/mol. The van der Waals surface area contributed by atoms with Crippen molar-refractivity contribution in [1.29, 1.82) is 0 Å². The van der Waals surface area contributed by atoms with Gasteiger partial charge in [0.15, 0.2) is 0 Å². The summed E-state index contributed by atoms with van der Waals surface area (Å²) < 4.78 is 7.88. The molecule has 2 aliphatic rings. The second-order valence-corrected chi connectivity index (χ2v) is 5.52. The average molecular weight is 249 g/mol. The maximum Gasteiger partial charge on any atom is 0.0952 e. The van der Waals surface area contributed by atoms with Crippen molar-refractivity contribution in [3.8, 4) is 0 Å². The third-order valence-corrected chi connectivity index (χ3v) is 4.41. The Labute approximate surface area is 109 Å². The van der Waals surface area contributed by atoms with Gasteiger partial charge in [-0.3, -0.25) is 0 Å². The van der Waals surface area contributed by atoms with Crippen LogP contribution in [0, 0.1) is 5.92 Å². The van der Waals surface area contributed by atoms with Crippen molar-refractivity contribution < 1.29 is 4.74 Å². The van der Waals surface area contributed by atoms with Gasteiger partial charge < -0.3 is 14.6 Å². The zero-order chi connectivity index (χ0) is 12.4. The van der Waals surface area contributed by atoms with Crippen molar-refractivity contribution in [3.63, 3.8) is 0 Å². The SMILES string of the molecule is CNC(Cn1cnc2c1CCCC2)C1CCOC1. The molecule has 1 N–H and O–H groups in total. The lowest BCUT2D eigenvalue weighted by Gasteiger charge is -2.24. The van der Waals surface area contributed by atoms with Crippen LogP contribution in [0.4, 0.5) is 0 Å². The van der Waals surface area contributed by atoms with Crippen molar-refractivity contribution in [1.82, 2.24) is 14.9 Å². The molecule has 18 heavy (non-hydrogen) atoms. The molecule has 2 atom stereocenters. The molecule has 4 nitrogen and oxygen atoms in total. The van der Waals surface area contributed by atoms with Crippen LogP contribution in [0.5, 0.6) is 0 Å². The molecule has 1 aliphatic carbocycles. The van der Waals surface area contributed by atoms with Crippen LogP contribution in [0.3, 0.4) is 0 Å². The van der Waals surface area contributed by atoms with E-state index in [1.807, 2.05) is 6.33 Å². The van der Waals surface area contributed by atoms with Crippen LogP contribution in [0.1, 0.15) is 30.7 Å². The van der Waals surface area contributed by atoms with E-state index in [2.05, 4.69) is 21.9 Å². The number of aromatic nitrogens is 2. The van der Waals surface area contributed by atoms with Gasteiger partial charge in [0.25, 0.3) is 0 Å². The third-order valence-electron chi connectivity index (χ3n) is 4.41. The molecule has 1 aromatic heterocycles. The molecule has 0 saturated carbocycles. The quantitative estimate of drug-likeness (QED) is 0.876. The van der Waals surface area contributed by atoms with Gasteiger partial charge in [0, 0.05) is 30.8 Å². The van der Waals surface area contributed by atoms with Crippen molar-refractivity contribution in [2.24, 2.45) is 5.92 Å². The van der Waals surface area contributed by atoms with Gasteiger partial charge in [-0.25, -0.2) is 4.98 Å². The Bertz CT molecular complexity index is 396. The Kier molecular flexibility index (Phi) is 3.66. The monoisotopic (exact) mass is 249 g/mol. The van der Waals surface area contributed by atoms with Gasteiger partial charge in [0.2, 0.25) is 0 Å². The highest BCUT2D eigenvalue weighted by molar-refractivity contribution is 5.16. The van der Waals surface area contributed by atoms with Crippen LogP contribution in [-0.2, 0) is 24.1 Å². The minimum atomic E-state index is 0.507. The number of hydrogen-bond donors (Lipinski definition) is 1. The van der Waals surface area contributed by atoms with Crippen molar-refractivity contribution >= 4 is 0 Å². The minimum absolute atomic E-state index is 0.507. The molecule has 2 unspecified atom stereocenters. The van der Waals surface area contributed by atoms with E-state index in [-0.39, 0.29) is 0 Å². The average Bonchev–Trinajstić information content (AvgIpc) is 3.06. The fraction of sp³-hybridized carbons (Fsp3) is 0.786. The molecule has 0 amide bonds. The third kappa shape index (κ3) is 2.31. The Morgan fingerprint density at radius 3 is 3.17 bits per heavy atom. The van der Waals surface area contributed by atoms with Crippen LogP contribution in [-0.4, -0.2) is 35.9 Å². The van der Waals surface area contributed by atoms with Gasteiger partial charge in [-0.2, -0.15) is 0 Å². The van der Waals surface area contributed by atoms with Crippen LogP contribution in [0.25, 0.3) is 0 Å². The van der Waals surface area contributed by atoms with Crippen molar-refractivity contribution in [3.05, 3.63) is 17.7 Å². The minimum Gasteiger partial charge on any atom is -0.381 e. The van der Waals surface area contributed by atoms with E-state index in [0.717, 1.165) is 19.8 Å². The van der Waals surface area contributed by atoms with E-state index in [1.165, 1.54) is 43.5 Å². The fourth-order valence-corrected chi connectivity index (χ4v) is 3.25. The highest BCUT2D eigenvalue weighted by atomic mass is 16.5. The molecular formula is C14H23N3O. The van der Waals surface area contributed by atoms with Gasteiger partial charge in [-0.15, -0.1) is 0 Å². The normalized spacial score (nSPS) is 25.1. The van der Waals surface area contributed by atoms with Crippen molar-refractivity contribution in [2.45, 2.75) is 44.7 Å². The standard InChI is InChI=1S/C14H23N3O/c1-15-13(11-6-7-18-9-11)8-17-10-16-12-4-2-3-5-14(12)17/h10-11,13,15H,2-9H2,1H3. The largest absolute Gasteiger partial charge is 0.381 e. The Morgan fingerprint density at radius 2 is 2.39 bits per heavy atom. The molecule has 1 aliphatic heterocycles. The number of nitrogens with zero attached hydrogens (tertiary/aromatic N) is 2. The van der Waals surface area contributed by atoms with Gasteiger partial charge in [0.1, 0.15) is 0 Å². The van der Waals surface area contributed by atoms with Crippen LogP contribution in [0.15, 0.2) is 6.33 Å². The predicted octanol–water partition coefficient (Wildman–Crippen LogP) is 1.39. The summed E-state index contributed by atoms with van der Waals surface area (Å²) in [6, 6.07) is 0.507. The smallest absolute Gasteiger partial charge is 0.0952 e. The Hall–Kier alpha value is -0.870. The number of imidazole rings is 1. The van der Waals surface area contributed by atoms with Crippen LogP contribution < -0.4 is 5.32 Å². The van der Waals surface area contributed by atoms with Crippen LogP contribution in [0.2, 0.25) is 0 Å². The summed E-state index contributed by atoms with van der Waals surface area (Å²) in [7, 11) is 2.06. The van der Waals surface area contributed by atoms with Crippen LogP contribution >= 0.6 is 0 Å². The summed E-state index contributed by atoms with van der Waals surface area (Å²) in [5.41, 5.74) is 2.80. The lowest BCUT2D eigenvalue weighted by Crippen LogP contribution is -2.38. The maximum absolute atomic E-state index is 5.51. The molecule has 1 aromatic rings. The van der Waals surface area contributed by atoms with E-state index in [9.17, 15) is 0 Å². The van der Waals surface area contributed by atoms with Crippen molar-refractivity contribution in [2.75, 3.05) is 20.3 Å². The summed E-state index contributed by atoms with van der Waals surface area (Å²) in [4.78, 5) is 4.57. The molecule has 0 radical (unpaired) electrons. The van der Waals surface area contributed by atoms with E-state index in [1.54, 1.807) is 0 Å². The summed E-state index contributed by atoms with van der Waals surface area (Å²) >= 11 is 0. The molecular weight excluding hydrogens is 226 g/mol. The first-order valence-corrected chi connectivity index (χ1v) is 7.16. The molecule has 100 valence electrons. The summed E-state index contributed by atoms with van der Waals surface area (Å²) in [5, 5.41) is 3.46. The Balaban J connectivity index is 1.72. The topological polar surface area (TPSA) is 39.1 Å². The van der Waals surface area contributed by atoms with Gasteiger partial charge in [-0.05, 0) is 39.2 Å². The number of hydrogen-bond acceptors (Lipinski definition) is 3. The molecule has 0 aromatic carbocycles. The first-order valence-electron chi connectivity index (χ1n) is 7.16. The lowest BCUT2D eigenvalue weighted by atomic mass is 9.98. The molecule has 1 saturated heterocycles. The van der Waals surface area contributed by atoms with Gasteiger partial charge in [0.05, 0.1) is 18.6 Å². The molecule has 0 spiro atoms. The number of ether oxygens (including phenoxy) is 1. The number of fused-ring (bicyclic) bond motifs is 1. The Morgan fingerprint density at radius 1 is 1.50 bits per heavy atom. The highest BCUT2D eigenvalue weighted by Crippen LogP contribution is 2.22. The second kappa shape index (κ2) is 5.41. The molecule has 0 bridgehead atoms. The zero-order valence-electron chi connectivity index (χ0n) is 11.2. The number of aryl methyl sites for hydroxylation is 1. The first kappa shape index (κ1) is 12.2. The summed E-state index contributed by atoms with van der Waals surface area (Å²) in [5.74, 6) is 0.650. The van der Waals surface area contributed by atoms with E-state index >= 15 is 0 Å². The lowest BCUT2D eigenvalue weighted by molar-refractivity contribution is 0.175. The fourth-order valence-electron chi connectivity index (χ4n) is 3.25. The summed E-state index contributed by atoms with van der Waals surface area (Å²) in [6.07, 6.45) is 8.20. The van der Waals surface area contributed by atoms with E-state index in [0.29, 0.717) is 12.0 Å². The number of nitrogens with one attached hydrogen (secondary N) is 1. The summed E-state index contributed by atoms with van der Waals surface area (Å²) in [6.45, 7) is 2.86. The van der Waals surface area contributed by atoms with E-state index in [4.69, 9.17) is 4.74 Å². The zero-order valence-corrected chi connectivity index (χ0v) is 11.2. The van der Waals surface area contributed by atoms with Gasteiger partial charge >= 0.3 is 0 Å². The first-order chi connectivity index (χ1) is 8.88. The highest BCUT2D eigenvalue weighted by Gasteiger charge is 2.26.